The molecule has 2 saturated heterocycles. The molecule has 0 spiro atoms. The average Bonchev–Trinajstić information content (AvgIpc) is 2.05. The molecule has 0 aromatic carbocycles. The van der Waals surface area contributed by atoms with Gasteiger partial charge in [-0.3, -0.25) is 0 Å². The highest BCUT2D eigenvalue weighted by Crippen LogP contribution is 2.53. The van der Waals surface area contributed by atoms with Crippen molar-refractivity contribution >= 4 is 41.4 Å². The molecule has 0 bridgehead atoms. The Hall–Kier alpha value is 1.32. The zero-order valence-corrected chi connectivity index (χ0v) is 8.54. The van der Waals surface area contributed by atoms with Crippen LogP contribution in [0.15, 0.2) is 0 Å². The van der Waals surface area contributed by atoms with Gasteiger partial charge in [-0.15, -0.1) is 0 Å². The molecule has 10 heavy (non-hydrogen) atoms. The molecule has 6 heteroatoms. The van der Waals surface area contributed by atoms with Crippen LogP contribution in [0.25, 0.3) is 0 Å². The molecule has 1 N–H and O–H groups in total. The van der Waals surface area contributed by atoms with Gasteiger partial charge in [0, 0.05) is 40.4 Å². The number of hydrogen-bond acceptors (Lipinski definition) is 6. The number of rotatable bonds is 0. The fraction of sp³-hybridized carbons (Fsp3) is 1.00. The van der Waals surface area contributed by atoms with E-state index in [4.69, 9.17) is 0 Å². The monoisotopic (exact) mass is 212 g/mol. The van der Waals surface area contributed by atoms with Gasteiger partial charge in [0.1, 0.15) is 0 Å². The Bertz CT molecular complexity index is 95.8. The Balaban J connectivity index is 1.93. The van der Waals surface area contributed by atoms with Gasteiger partial charge in [-0.05, 0) is 9.83 Å². The quantitative estimate of drug-likeness (QED) is 0.483. The first-order chi connectivity index (χ1) is 4.97. The van der Waals surface area contributed by atoms with Crippen molar-refractivity contribution in [1.29, 1.82) is 0 Å². The molecule has 0 aliphatic carbocycles. The molecule has 2 heterocycles. The predicted octanol–water partition coefficient (Wildman–Crippen LogP) is 1.82. The zero-order chi connectivity index (χ0) is 6.81. The fourth-order valence-electron chi connectivity index (χ4n) is 0.941. The van der Waals surface area contributed by atoms with Gasteiger partial charge in [-0.25, -0.2) is 4.31 Å². The van der Waals surface area contributed by atoms with Gasteiger partial charge >= 0.3 is 0 Å². The lowest BCUT2D eigenvalue weighted by molar-refractivity contribution is 0.373. The third-order valence-electron chi connectivity index (χ3n) is 1.45. The molecule has 1 unspecified atom stereocenters. The minimum absolute atomic E-state index is 0.699. The summed E-state index contributed by atoms with van der Waals surface area (Å²) in [5, 5.41) is 4.08. The van der Waals surface area contributed by atoms with Crippen LogP contribution in [0.1, 0.15) is 0 Å². The first-order valence-corrected chi connectivity index (χ1v) is 7.94. The molecule has 2 nitrogen and oxygen atoms in total. The minimum atomic E-state index is 0.699. The first-order valence-electron chi connectivity index (χ1n) is 3.11. The van der Waals surface area contributed by atoms with Gasteiger partial charge in [0.2, 0.25) is 0 Å². The Morgan fingerprint density at radius 1 is 1.40 bits per heavy atom. The normalized spacial score (nSPS) is 35.4. The van der Waals surface area contributed by atoms with E-state index in [1.54, 1.807) is 0 Å². The number of nitrogens with one attached hydrogen (secondary N) is 1. The molecule has 0 aromatic rings. The molecule has 58 valence electrons. The summed E-state index contributed by atoms with van der Waals surface area (Å²) in [4.78, 5) is 0. The minimum Gasteiger partial charge on any atom is -0.313 e. The third-order valence-corrected chi connectivity index (χ3v) is 8.13. The SMILES string of the molecule is C1CN2SSSSC2CN1. The summed E-state index contributed by atoms with van der Waals surface area (Å²) in [6.45, 7) is 3.48. The molecule has 0 aromatic heterocycles. The Kier molecular flexibility index (Phi) is 3.03. The highest BCUT2D eigenvalue weighted by molar-refractivity contribution is 9.26. The standard InChI is InChI=1S/C4H8N2S4/c1-2-6-4(3-5-1)7-9-10-8-6/h4-5H,1-3H2. The summed E-state index contributed by atoms with van der Waals surface area (Å²) in [5.74, 6) is 0. The summed E-state index contributed by atoms with van der Waals surface area (Å²) < 4.78 is 2.46. The van der Waals surface area contributed by atoms with Crippen molar-refractivity contribution in [1.82, 2.24) is 9.62 Å². The van der Waals surface area contributed by atoms with Gasteiger partial charge in [0.25, 0.3) is 0 Å². The highest BCUT2D eigenvalue weighted by Gasteiger charge is 2.27. The summed E-state index contributed by atoms with van der Waals surface area (Å²) in [6.07, 6.45) is 0. The number of fused-ring (bicyclic) bond motifs is 1. The molecule has 0 amide bonds. The zero-order valence-electron chi connectivity index (χ0n) is 5.28. The van der Waals surface area contributed by atoms with Gasteiger partial charge in [0.05, 0.1) is 5.37 Å². The average molecular weight is 212 g/mol. The Morgan fingerprint density at radius 2 is 2.40 bits per heavy atom. The van der Waals surface area contributed by atoms with Crippen LogP contribution in [0.4, 0.5) is 0 Å². The highest BCUT2D eigenvalue weighted by atomic mass is 33.7. The van der Waals surface area contributed by atoms with Gasteiger partial charge < -0.3 is 5.32 Å². The second-order valence-corrected chi connectivity index (χ2v) is 8.02. The van der Waals surface area contributed by atoms with Gasteiger partial charge in [0.15, 0.2) is 0 Å². The van der Waals surface area contributed by atoms with E-state index in [2.05, 4.69) is 9.62 Å². The molecule has 2 aliphatic rings. The summed E-state index contributed by atoms with van der Waals surface area (Å²) in [6, 6.07) is 0. The third kappa shape index (κ3) is 1.73. The largest absolute Gasteiger partial charge is 0.313 e. The van der Waals surface area contributed by atoms with Gasteiger partial charge in [-0.1, -0.05) is 10.8 Å². The number of piperazine rings is 1. The maximum Gasteiger partial charge on any atom is 0.0899 e. The lowest BCUT2D eigenvalue weighted by Crippen LogP contribution is -2.46. The topological polar surface area (TPSA) is 15.3 Å². The van der Waals surface area contributed by atoms with E-state index in [9.17, 15) is 0 Å². The Labute approximate surface area is 76.0 Å². The molecular formula is C4H8N2S4. The van der Waals surface area contributed by atoms with E-state index in [-0.39, 0.29) is 0 Å². The van der Waals surface area contributed by atoms with Crippen molar-refractivity contribution in [2.45, 2.75) is 5.37 Å². The van der Waals surface area contributed by atoms with Crippen LogP contribution in [0.2, 0.25) is 0 Å². The smallest absolute Gasteiger partial charge is 0.0899 e. The summed E-state index contributed by atoms with van der Waals surface area (Å²) in [5.41, 5.74) is 0. The van der Waals surface area contributed by atoms with E-state index >= 15 is 0 Å². The molecule has 2 fully saturated rings. The number of hydrogen-bond donors (Lipinski definition) is 1. The van der Waals surface area contributed by atoms with Crippen LogP contribution in [-0.4, -0.2) is 29.3 Å². The van der Waals surface area contributed by atoms with Crippen molar-refractivity contribution in [3.63, 3.8) is 0 Å². The second-order valence-electron chi connectivity index (χ2n) is 2.11. The summed E-state index contributed by atoms with van der Waals surface area (Å²) in [7, 11) is 7.64. The predicted molar refractivity (Wildman–Crippen MR) is 53.7 cm³/mol. The van der Waals surface area contributed by atoms with Gasteiger partial charge in [-0.2, -0.15) is 0 Å². The first kappa shape index (κ1) is 7.94. The van der Waals surface area contributed by atoms with Crippen LogP contribution < -0.4 is 5.32 Å². The van der Waals surface area contributed by atoms with E-state index in [1.807, 2.05) is 41.4 Å². The molecule has 1 atom stereocenters. The van der Waals surface area contributed by atoms with E-state index < -0.39 is 0 Å². The maximum atomic E-state index is 3.39. The van der Waals surface area contributed by atoms with Crippen LogP contribution in [0, 0.1) is 0 Å². The number of nitrogens with zero attached hydrogens (tertiary/aromatic N) is 1. The van der Waals surface area contributed by atoms with Crippen molar-refractivity contribution in [3.05, 3.63) is 0 Å². The van der Waals surface area contributed by atoms with Crippen molar-refractivity contribution in [3.8, 4) is 0 Å². The molecule has 0 saturated carbocycles. The molecule has 0 radical (unpaired) electrons. The van der Waals surface area contributed by atoms with Crippen LogP contribution in [0.3, 0.4) is 0 Å². The Morgan fingerprint density at radius 3 is 3.30 bits per heavy atom. The molecular weight excluding hydrogens is 204 g/mol. The molecule has 2 aliphatic heterocycles. The van der Waals surface area contributed by atoms with Crippen molar-refractivity contribution in [2.24, 2.45) is 0 Å². The van der Waals surface area contributed by atoms with Crippen LogP contribution in [0.5, 0.6) is 0 Å². The maximum absolute atomic E-state index is 3.39. The fourth-order valence-corrected chi connectivity index (χ4v) is 7.77. The van der Waals surface area contributed by atoms with E-state index in [0.29, 0.717) is 5.37 Å². The summed E-state index contributed by atoms with van der Waals surface area (Å²) >= 11 is 0. The van der Waals surface area contributed by atoms with Crippen molar-refractivity contribution in [2.75, 3.05) is 19.6 Å². The van der Waals surface area contributed by atoms with E-state index in [0.717, 1.165) is 13.1 Å². The van der Waals surface area contributed by atoms with Crippen LogP contribution >= 0.6 is 41.4 Å². The van der Waals surface area contributed by atoms with Crippen LogP contribution in [-0.2, 0) is 0 Å². The van der Waals surface area contributed by atoms with Crippen molar-refractivity contribution < 1.29 is 0 Å². The molecule has 2 rings (SSSR count). The lowest BCUT2D eigenvalue weighted by atomic mass is 10.4. The second kappa shape index (κ2) is 3.82. The lowest BCUT2D eigenvalue weighted by Gasteiger charge is -2.35. The van der Waals surface area contributed by atoms with E-state index in [1.165, 1.54) is 6.54 Å².